The predicted molar refractivity (Wildman–Crippen MR) is 84.2 cm³/mol. The summed E-state index contributed by atoms with van der Waals surface area (Å²) in [6.45, 7) is 8.45. The fraction of sp³-hybridized carbons (Fsp3) is 0.353. The number of piperazine rings is 1. The number of aryl methyl sites for hydroxylation is 2. The van der Waals surface area contributed by atoms with E-state index in [1.165, 1.54) is 22.3 Å². The molecule has 0 atom stereocenters. The van der Waals surface area contributed by atoms with E-state index in [-0.39, 0.29) is 0 Å². The van der Waals surface area contributed by atoms with Crippen molar-refractivity contribution in [1.82, 2.24) is 10.3 Å². The molecule has 2 aromatic rings. The summed E-state index contributed by atoms with van der Waals surface area (Å²) >= 11 is 0. The normalized spacial score (nSPS) is 15.4. The van der Waals surface area contributed by atoms with Crippen LogP contribution in [0.4, 0.5) is 5.82 Å². The van der Waals surface area contributed by atoms with Gasteiger partial charge < -0.3 is 10.2 Å². The van der Waals surface area contributed by atoms with Gasteiger partial charge in [-0.3, -0.25) is 0 Å². The fourth-order valence-corrected chi connectivity index (χ4v) is 2.76. The smallest absolute Gasteiger partial charge is 0.128 e. The zero-order valence-electron chi connectivity index (χ0n) is 12.2. The molecule has 0 unspecified atom stereocenters. The first-order chi connectivity index (χ1) is 9.74. The second-order valence-corrected chi connectivity index (χ2v) is 5.46. The Balaban J connectivity index is 1.85. The first-order valence-corrected chi connectivity index (χ1v) is 7.23. The van der Waals surface area contributed by atoms with E-state index in [1.807, 2.05) is 6.20 Å². The number of hydrogen-bond acceptors (Lipinski definition) is 3. The maximum Gasteiger partial charge on any atom is 0.128 e. The van der Waals surface area contributed by atoms with Gasteiger partial charge in [-0.1, -0.05) is 23.8 Å². The Kier molecular flexibility index (Phi) is 3.70. The van der Waals surface area contributed by atoms with Gasteiger partial charge in [0, 0.05) is 37.9 Å². The summed E-state index contributed by atoms with van der Waals surface area (Å²) in [6, 6.07) is 10.9. The monoisotopic (exact) mass is 267 g/mol. The molecule has 1 aromatic carbocycles. The molecule has 104 valence electrons. The Morgan fingerprint density at radius 3 is 2.50 bits per heavy atom. The lowest BCUT2D eigenvalue weighted by atomic mass is 10.0. The average Bonchev–Trinajstić information content (AvgIpc) is 2.48. The molecule has 1 aliphatic heterocycles. The predicted octanol–water partition coefficient (Wildman–Crippen LogP) is 2.78. The molecule has 0 spiro atoms. The molecule has 0 amide bonds. The molecule has 20 heavy (non-hydrogen) atoms. The van der Waals surface area contributed by atoms with E-state index in [1.54, 1.807) is 0 Å². The Labute approximate surface area is 120 Å². The number of benzene rings is 1. The summed E-state index contributed by atoms with van der Waals surface area (Å²) in [4.78, 5) is 6.98. The van der Waals surface area contributed by atoms with Gasteiger partial charge in [-0.05, 0) is 37.1 Å². The second-order valence-electron chi connectivity index (χ2n) is 5.46. The van der Waals surface area contributed by atoms with Crippen molar-refractivity contribution in [2.24, 2.45) is 0 Å². The number of pyridine rings is 1. The van der Waals surface area contributed by atoms with Crippen LogP contribution < -0.4 is 10.2 Å². The van der Waals surface area contributed by atoms with E-state index in [0.717, 1.165) is 32.0 Å². The van der Waals surface area contributed by atoms with E-state index in [9.17, 15) is 0 Å². The quantitative estimate of drug-likeness (QED) is 0.907. The maximum atomic E-state index is 4.64. The topological polar surface area (TPSA) is 28.2 Å². The van der Waals surface area contributed by atoms with Crippen molar-refractivity contribution in [2.75, 3.05) is 31.1 Å². The molecule has 0 radical (unpaired) electrons. The zero-order valence-corrected chi connectivity index (χ0v) is 12.2. The Morgan fingerprint density at radius 2 is 1.85 bits per heavy atom. The van der Waals surface area contributed by atoms with Gasteiger partial charge in [0.15, 0.2) is 0 Å². The van der Waals surface area contributed by atoms with Crippen LogP contribution in [0.25, 0.3) is 11.1 Å². The van der Waals surface area contributed by atoms with Gasteiger partial charge in [0.2, 0.25) is 0 Å². The van der Waals surface area contributed by atoms with Crippen LogP contribution in [0.3, 0.4) is 0 Å². The molecule has 0 aliphatic carbocycles. The summed E-state index contributed by atoms with van der Waals surface area (Å²) in [5, 5.41) is 3.36. The van der Waals surface area contributed by atoms with Gasteiger partial charge in [0.25, 0.3) is 0 Å². The molecule has 1 aromatic heterocycles. The summed E-state index contributed by atoms with van der Waals surface area (Å²) in [5.41, 5.74) is 5.08. The van der Waals surface area contributed by atoms with Crippen molar-refractivity contribution in [2.45, 2.75) is 13.8 Å². The van der Waals surface area contributed by atoms with Gasteiger partial charge in [0.05, 0.1) is 0 Å². The number of nitrogens with one attached hydrogen (secondary N) is 1. The highest BCUT2D eigenvalue weighted by Gasteiger charge is 2.11. The molecular formula is C17H21N3. The van der Waals surface area contributed by atoms with Crippen LogP contribution in [0.5, 0.6) is 0 Å². The van der Waals surface area contributed by atoms with E-state index in [0.29, 0.717) is 0 Å². The lowest BCUT2D eigenvalue weighted by Gasteiger charge is -2.28. The summed E-state index contributed by atoms with van der Waals surface area (Å²) in [7, 11) is 0. The fourth-order valence-electron chi connectivity index (χ4n) is 2.76. The van der Waals surface area contributed by atoms with Crippen molar-refractivity contribution < 1.29 is 0 Å². The molecule has 1 aliphatic rings. The number of hydrogen-bond donors (Lipinski definition) is 1. The minimum absolute atomic E-state index is 1.04. The molecule has 0 saturated carbocycles. The summed E-state index contributed by atoms with van der Waals surface area (Å²) in [5.74, 6) is 1.08. The molecule has 2 heterocycles. The zero-order chi connectivity index (χ0) is 13.9. The second kappa shape index (κ2) is 5.63. The average molecular weight is 267 g/mol. The summed E-state index contributed by atoms with van der Waals surface area (Å²) in [6.07, 6.45) is 2.00. The van der Waals surface area contributed by atoms with Crippen LogP contribution in [0.15, 0.2) is 36.5 Å². The van der Waals surface area contributed by atoms with Crippen LogP contribution in [-0.2, 0) is 0 Å². The van der Waals surface area contributed by atoms with Crippen LogP contribution in [-0.4, -0.2) is 31.2 Å². The molecule has 3 heteroatoms. The largest absolute Gasteiger partial charge is 0.354 e. The van der Waals surface area contributed by atoms with Crippen molar-refractivity contribution in [3.63, 3.8) is 0 Å². The highest BCUT2D eigenvalue weighted by atomic mass is 15.2. The van der Waals surface area contributed by atoms with Gasteiger partial charge in [0.1, 0.15) is 5.82 Å². The number of rotatable bonds is 2. The van der Waals surface area contributed by atoms with Crippen LogP contribution in [0.2, 0.25) is 0 Å². The van der Waals surface area contributed by atoms with E-state index >= 15 is 0 Å². The first kappa shape index (κ1) is 13.1. The maximum absolute atomic E-state index is 4.64. The van der Waals surface area contributed by atoms with E-state index in [4.69, 9.17) is 0 Å². The van der Waals surface area contributed by atoms with Crippen molar-refractivity contribution in [3.8, 4) is 11.1 Å². The SMILES string of the molecule is Cc1ccc(-c2ccc(N3CCNCC3)nc2)c(C)c1. The van der Waals surface area contributed by atoms with Crippen molar-refractivity contribution >= 4 is 5.82 Å². The Morgan fingerprint density at radius 1 is 1.05 bits per heavy atom. The third-order valence-electron chi connectivity index (χ3n) is 3.88. The van der Waals surface area contributed by atoms with Crippen LogP contribution in [0, 0.1) is 13.8 Å². The molecule has 3 rings (SSSR count). The molecule has 1 fully saturated rings. The molecular weight excluding hydrogens is 246 g/mol. The number of nitrogens with zero attached hydrogens (tertiary/aromatic N) is 2. The lowest BCUT2D eigenvalue weighted by molar-refractivity contribution is 0.585. The van der Waals surface area contributed by atoms with Gasteiger partial charge in [-0.15, -0.1) is 0 Å². The van der Waals surface area contributed by atoms with Crippen molar-refractivity contribution in [1.29, 1.82) is 0 Å². The third-order valence-corrected chi connectivity index (χ3v) is 3.88. The Bertz CT molecular complexity index is 584. The standard InChI is InChI=1S/C17H21N3/c1-13-3-5-16(14(2)11-13)15-4-6-17(19-12-15)20-9-7-18-8-10-20/h3-6,11-12,18H,7-10H2,1-2H3. The molecule has 1 N–H and O–H groups in total. The Hall–Kier alpha value is -1.87. The van der Waals surface area contributed by atoms with Gasteiger partial charge in [-0.2, -0.15) is 0 Å². The first-order valence-electron chi connectivity index (χ1n) is 7.23. The third kappa shape index (κ3) is 2.68. The highest BCUT2D eigenvalue weighted by Crippen LogP contribution is 2.25. The number of aromatic nitrogens is 1. The number of anilines is 1. The van der Waals surface area contributed by atoms with E-state index in [2.05, 4.69) is 59.4 Å². The van der Waals surface area contributed by atoms with E-state index < -0.39 is 0 Å². The minimum Gasteiger partial charge on any atom is -0.354 e. The van der Waals surface area contributed by atoms with Gasteiger partial charge >= 0.3 is 0 Å². The molecule has 3 nitrogen and oxygen atoms in total. The van der Waals surface area contributed by atoms with Crippen LogP contribution >= 0.6 is 0 Å². The minimum atomic E-state index is 1.04. The van der Waals surface area contributed by atoms with Gasteiger partial charge in [-0.25, -0.2) is 4.98 Å². The molecule has 0 bridgehead atoms. The lowest BCUT2D eigenvalue weighted by Crippen LogP contribution is -2.43. The van der Waals surface area contributed by atoms with Crippen LogP contribution in [0.1, 0.15) is 11.1 Å². The van der Waals surface area contributed by atoms with Crippen molar-refractivity contribution in [3.05, 3.63) is 47.7 Å². The summed E-state index contributed by atoms with van der Waals surface area (Å²) < 4.78 is 0. The molecule has 1 saturated heterocycles. The highest BCUT2D eigenvalue weighted by molar-refractivity contribution is 5.67.